The molecule has 2 heterocycles. The minimum atomic E-state index is -0.472. The Labute approximate surface area is 122 Å². The molecule has 21 heavy (non-hydrogen) atoms. The molecule has 0 aliphatic carbocycles. The van der Waals surface area contributed by atoms with Crippen LogP contribution in [0.3, 0.4) is 0 Å². The third-order valence-corrected chi connectivity index (χ3v) is 2.96. The molecule has 2 rings (SSSR count). The number of hydrazine groups is 1. The Bertz CT molecular complexity index is 657. The summed E-state index contributed by atoms with van der Waals surface area (Å²) >= 11 is 0. The Morgan fingerprint density at radius 1 is 1.24 bits per heavy atom. The predicted molar refractivity (Wildman–Crippen MR) is 75.7 cm³/mol. The molecule has 0 saturated heterocycles. The first kappa shape index (κ1) is 14.8. The van der Waals surface area contributed by atoms with Gasteiger partial charge in [-0.15, -0.1) is 0 Å². The number of hydrogen-bond donors (Lipinski definition) is 3. The summed E-state index contributed by atoms with van der Waals surface area (Å²) in [4.78, 5) is 23.8. The van der Waals surface area contributed by atoms with Gasteiger partial charge in [0.2, 0.25) is 0 Å². The molecule has 2 amide bonds. The number of carbonyl (C=O) groups excluding carboxylic acids is 2. The largest absolute Gasteiger partial charge is 0.466 e. The molecule has 0 fully saturated rings. The number of aromatic nitrogens is 2. The summed E-state index contributed by atoms with van der Waals surface area (Å²) in [6.45, 7) is 5.48. The van der Waals surface area contributed by atoms with Gasteiger partial charge in [-0.1, -0.05) is 13.3 Å². The van der Waals surface area contributed by atoms with Crippen LogP contribution in [-0.2, 0) is 6.42 Å². The Balaban J connectivity index is 1.94. The Hall–Kier alpha value is -2.57. The highest BCUT2D eigenvalue weighted by Crippen LogP contribution is 2.12. The zero-order valence-electron chi connectivity index (χ0n) is 12.2. The van der Waals surface area contributed by atoms with Crippen LogP contribution in [0.5, 0.6) is 0 Å². The van der Waals surface area contributed by atoms with E-state index in [1.807, 2.05) is 6.92 Å². The monoisotopic (exact) mass is 290 g/mol. The van der Waals surface area contributed by atoms with Gasteiger partial charge in [-0.3, -0.25) is 25.5 Å². The van der Waals surface area contributed by atoms with Crippen molar-refractivity contribution in [3.05, 3.63) is 40.6 Å². The van der Waals surface area contributed by atoms with E-state index in [9.17, 15) is 9.59 Å². The van der Waals surface area contributed by atoms with Crippen molar-refractivity contribution in [3.8, 4) is 0 Å². The molecule has 0 aromatic carbocycles. The highest BCUT2D eigenvalue weighted by molar-refractivity contribution is 5.98. The third kappa shape index (κ3) is 3.50. The summed E-state index contributed by atoms with van der Waals surface area (Å²) in [5.41, 5.74) is 6.18. The van der Waals surface area contributed by atoms with Gasteiger partial charge in [-0.05, 0) is 32.4 Å². The van der Waals surface area contributed by atoms with E-state index in [-0.39, 0.29) is 5.69 Å². The molecule has 2 aromatic rings. The molecule has 0 spiro atoms. The maximum atomic E-state index is 11.9. The number of H-pyrrole nitrogens is 1. The molecule has 0 radical (unpaired) electrons. The third-order valence-electron chi connectivity index (χ3n) is 2.96. The number of aryl methyl sites for hydroxylation is 3. The van der Waals surface area contributed by atoms with E-state index in [4.69, 9.17) is 4.42 Å². The molecule has 112 valence electrons. The quantitative estimate of drug-likeness (QED) is 0.745. The SMILES string of the molecule is CCCc1cc(C(=O)NNC(=O)c2cc(C)oc2C)n[nH]1. The summed E-state index contributed by atoms with van der Waals surface area (Å²) < 4.78 is 5.27. The number of furan rings is 1. The van der Waals surface area contributed by atoms with Crippen LogP contribution >= 0.6 is 0 Å². The van der Waals surface area contributed by atoms with E-state index in [0.29, 0.717) is 17.1 Å². The minimum Gasteiger partial charge on any atom is -0.466 e. The van der Waals surface area contributed by atoms with E-state index >= 15 is 0 Å². The normalized spacial score (nSPS) is 10.4. The van der Waals surface area contributed by atoms with Gasteiger partial charge in [0.05, 0.1) is 5.56 Å². The van der Waals surface area contributed by atoms with Crippen LogP contribution in [0.2, 0.25) is 0 Å². The van der Waals surface area contributed by atoms with Crippen LogP contribution in [0.15, 0.2) is 16.5 Å². The van der Waals surface area contributed by atoms with Crippen molar-refractivity contribution < 1.29 is 14.0 Å². The van der Waals surface area contributed by atoms with Crippen molar-refractivity contribution >= 4 is 11.8 Å². The number of nitrogens with zero attached hydrogens (tertiary/aromatic N) is 1. The minimum absolute atomic E-state index is 0.235. The van der Waals surface area contributed by atoms with Crippen LogP contribution in [0.4, 0.5) is 0 Å². The number of amides is 2. The second-order valence-electron chi connectivity index (χ2n) is 4.76. The standard InChI is InChI=1S/C14H18N4O3/c1-4-5-10-7-12(16-15-10)14(20)18-17-13(19)11-6-8(2)21-9(11)3/h6-7H,4-5H2,1-3H3,(H,15,16)(H,17,19)(H,18,20). The molecular formula is C14H18N4O3. The average molecular weight is 290 g/mol. The van der Waals surface area contributed by atoms with Crippen LogP contribution < -0.4 is 10.9 Å². The summed E-state index contributed by atoms with van der Waals surface area (Å²) in [6.07, 6.45) is 1.78. The van der Waals surface area contributed by atoms with Gasteiger partial charge in [0.25, 0.3) is 11.8 Å². The predicted octanol–water partition coefficient (Wildman–Crippen LogP) is 1.65. The first-order valence-electron chi connectivity index (χ1n) is 6.73. The van der Waals surface area contributed by atoms with E-state index in [0.717, 1.165) is 18.5 Å². The van der Waals surface area contributed by atoms with Crippen molar-refractivity contribution in [1.82, 2.24) is 21.0 Å². The zero-order valence-corrected chi connectivity index (χ0v) is 12.2. The zero-order chi connectivity index (χ0) is 15.4. The Morgan fingerprint density at radius 2 is 1.95 bits per heavy atom. The highest BCUT2D eigenvalue weighted by atomic mass is 16.3. The van der Waals surface area contributed by atoms with Crippen molar-refractivity contribution in [2.24, 2.45) is 0 Å². The van der Waals surface area contributed by atoms with Gasteiger partial charge in [0.15, 0.2) is 5.69 Å². The van der Waals surface area contributed by atoms with E-state index < -0.39 is 11.8 Å². The first-order chi connectivity index (χ1) is 10.0. The maximum absolute atomic E-state index is 11.9. The molecule has 0 aliphatic rings. The molecule has 2 aromatic heterocycles. The smallest absolute Gasteiger partial charge is 0.290 e. The van der Waals surface area contributed by atoms with Gasteiger partial charge in [0, 0.05) is 5.69 Å². The molecule has 0 aliphatic heterocycles. The summed E-state index contributed by atoms with van der Waals surface area (Å²) in [7, 11) is 0. The lowest BCUT2D eigenvalue weighted by Crippen LogP contribution is -2.41. The summed E-state index contributed by atoms with van der Waals surface area (Å²) in [5, 5.41) is 6.68. The Kier molecular flexibility index (Phi) is 4.42. The molecular weight excluding hydrogens is 272 g/mol. The lowest BCUT2D eigenvalue weighted by atomic mass is 10.2. The lowest BCUT2D eigenvalue weighted by Gasteiger charge is -2.04. The first-order valence-corrected chi connectivity index (χ1v) is 6.73. The number of carbonyl (C=O) groups is 2. The van der Waals surface area contributed by atoms with Gasteiger partial charge in [-0.2, -0.15) is 5.10 Å². The van der Waals surface area contributed by atoms with Crippen molar-refractivity contribution in [1.29, 1.82) is 0 Å². The number of hydrogen-bond acceptors (Lipinski definition) is 4. The number of aromatic amines is 1. The average Bonchev–Trinajstić information content (AvgIpc) is 3.03. The van der Waals surface area contributed by atoms with E-state index in [2.05, 4.69) is 21.0 Å². The van der Waals surface area contributed by atoms with E-state index in [1.165, 1.54) is 0 Å². The van der Waals surface area contributed by atoms with Crippen molar-refractivity contribution in [2.75, 3.05) is 0 Å². The van der Waals surface area contributed by atoms with Crippen LogP contribution in [0, 0.1) is 13.8 Å². The molecule has 7 nitrogen and oxygen atoms in total. The summed E-state index contributed by atoms with van der Waals surface area (Å²) in [6, 6.07) is 3.28. The number of nitrogens with one attached hydrogen (secondary N) is 3. The van der Waals surface area contributed by atoms with Gasteiger partial charge in [0.1, 0.15) is 11.5 Å². The van der Waals surface area contributed by atoms with Crippen molar-refractivity contribution in [3.63, 3.8) is 0 Å². The fourth-order valence-electron chi connectivity index (χ4n) is 1.98. The fourth-order valence-corrected chi connectivity index (χ4v) is 1.98. The van der Waals surface area contributed by atoms with Crippen LogP contribution in [0.1, 0.15) is 51.4 Å². The second-order valence-corrected chi connectivity index (χ2v) is 4.76. The van der Waals surface area contributed by atoms with Gasteiger partial charge < -0.3 is 4.42 Å². The van der Waals surface area contributed by atoms with Crippen molar-refractivity contribution in [2.45, 2.75) is 33.6 Å². The van der Waals surface area contributed by atoms with Crippen LogP contribution in [0.25, 0.3) is 0 Å². The summed E-state index contributed by atoms with van der Waals surface area (Å²) in [5.74, 6) is 0.242. The van der Waals surface area contributed by atoms with Crippen LogP contribution in [-0.4, -0.2) is 22.0 Å². The van der Waals surface area contributed by atoms with Gasteiger partial charge >= 0.3 is 0 Å². The lowest BCUT2D eigenvalue weighted by molar-refractivity contribution is 0.0843. The topological polar surface area (TPSA) is 100 Å². The van der Waals surface area contributed by atoms with E-state index in [1.54, 1.807) is 26.0 Å². The molecule has 0 saturated carbocycles. The highest BCUT2D eigenvalue weighted by Gasteiger charge is 2.15. The fraction of sp³-hybridized carbons (Fsp3) is 0.357. The molecule has 0 bridgehead atoms. The number of rotatable bonds is 4. The molecule has 3 N–H and O–H groups in total. The maximum Gasteiger partial charge on any atom is 0.290 e. The second kappa shape index (κ2) is 6.25. The molecule has 0 atom stereocenters. The Morgan fingerprint density at radius 3 is 2.57 bits per heavy atom. The molecule has 0 unspecified atom stereocenters. The van der Waals surface area contributed by atoms with Gasteiger partial charge in [-0.25, -0.2) is 0 Å². The molecule has 7 heteroatoms.